The molecule has 23 heavy (non-hydrogen) atoms. The summed E-state index contributed by atoms with van der Waals surface area (Å²) in [4.78, 5) is 0. The normalized spacial score (nSPS) is 17.9. The number of benzene rings is 1. The van der Waals surface area contributed by atoms with Gasteiger partial charge in [0, 0.05) is 12.1 Å². The largest absolute Gasteiger partial charge is 0.369 e. The van der Waals surface area contributed by atoms with Crippen LogP contribution in [0, 0.1) is 6.92 Å². The Hall–Kier alpha value is -1.77. The van der Waals surface area contributed by atoms with Gasteiger partial charge in [-0.1, -0.05) is 29.0 Å². The van der Waals surface area contributed by atoms with E-state index in [-0.39, 0.29) is 18.4 Å². The van der Waals surface area contributed by atoms with E-state index in [9.17, 15) is 8.42 Å². The SMILES string of the molecule is CCS(=O)(=O)NCC1Cn2nnc(-c3cccc(C)c3)c2CO1. The number of aryl methyl sites for hydroxylation is 1. The lowest BCUT2D eigenvalue weighted by Crippen LogP contribution is -2.39. The molecule has 7 nitrogen and oxygen atoms in total. The molecule has 8 heteroatoms. The van der Waals surface area contributed by atoms with Crippen molar-refractivity contribution in [1.29, 1.82) is 0 Å². The molecular formula is C15H20N4O3S. The molecule has 1 N–H and O–H groups in total. The first-order chi connectivity index (χ1) is 11.0. The fourth-order valence-electron chi connectivity index (χ4n) is 2.53. The lowest BCUT2D eigenvalue weighted by Gasteiger charge is -2.24. The smallest absolute Gasteiger partial charge is 0.211 e. The zero-order valence-electron chi connectivity index (χ0n) is 13.2. The van der Waals surface area contributed by atoms with Gasteiger partial charge in [0.2, 0.25) is 10.0 Å². The summed E-state index contributed by atoms with van der Waals surface area (Å²) in [6.07, 6.45) is -0.240. The van der Waals surface area contributed by atoms with Gasteiger partial charge < -0.3 is 4.74 Å². The highest BCUT2D eigenvalue weighted by Crippen LogP contribution is 2.25. The van der Waals surface area contributed by atoms with Crippen LogP contribution in [0.5, 0.6) is 0 Å². The fraction of sp³-hybridized carbons (Fsp3) is 0.467. The number of sulfonamides is 1. The van der Waals surface area contributed by atoms with Gasteiger partial charge in [-0.15, -0.1) is 5.10 Å². The van der Waals surface area contributed by atoms with Crippen molar-refractivity contribution >= 4 is 10.0 Å². The molecule has 0 radical (unpaired) electrons. The van der Waals surface area contributed by atoms with Crippen LogP contribution < -0.4 is 4.72 Å². The highest BCUT2D eigenvalue weighted by atomic mass is 32.2. The zero-order valence-corrected chi connectivity index (χ0v) is 14.0. The van der Waals surface area contributed by atoms with E-state index in [0.29, 0.717) is 13.2 Å². The first kappa shape index (κ1) is 16.1. The van der Waals surface area contributed by atoms with Gasteiger partial charge in [0.05, 0.1) is 30.7 Å². The van der Waals surface area contributed by atoms with Crippen molar-refractivity contribution < 1.29 is 13.2 Å². The van der Waals surface area contributed by atoms with Crippen LogP contribution in [-0.2, 0) is 27.9 Å². The minimum absolute atomic E-state index is 0.0613. The summed E-state index contributed by atoms with van der Waals surface area (Å²) >= 11 is 0. The Morgan fingerprint density at radius 1 is 1.43 bits per heavy atom. The molecule has 1 aliphatic rings. The predicted octanol–water partition coefficient (Wildman–Crippen LogP) is 1.09. The van der Waals surface area contributed by atoms with Crippen LogP contribution in [0.1, 0.15) is 18.2 Å². The first-order valence-electron chi connectivity index (χ1n) is 7.57. The van der Waals surface area contributed by atoms with Crippen molar-refractivity contribution in [2.45, 2.75) is 33.1 Å². The third kappa shape index (κ3) is 3.60. The van der Waals surface area contributed by atoms with Crippen LogP contribution in [0.15, 0.2) is 24.3 Å². The molecule has 0 spiro atoms. The molecule has 0 amide bonds. The minimum atomic E-state index is -3.21. The van der Waals surface area contributed by atoms with Crippen molar-refractivity contribution in [3.63, 3.8) is 0 Å². The van der Waals surface area contributed by atoms with E-state index in [1.165, 1.54) is 0 Å². The zero-order chi connectivity index (χ0) is 16.4. The van der Waals surface area contributed by atoms with Gasteiger partial charge in [0.25, 0.3) is 0 Å². The summed E-state index contributed by atoms with van der Waals surface area (Å²) in [7, 11) is -3.21. The van der Waals surface area contributed by atoms with Gasteiger partial charge in [-0.05, 0) is 19.9 Å². The van der Waals surface area contributed by atoms with E-state index in [1.54, 1.807) is 11.6 Å². The molecule has 2 heterocycles. The number of hydrogen-bond acceptors (Lipinski definition) is 5. The van der Waals surface area contributed by atoms with Gasteiger partial charge in [-0.3, -0.25) is 0 Å². The summed E-state index contributed by atoms with van der Waals surface area (Å²) < 4.78 is 33.1. The predicted molar refractivity (Wildman–Crippen MR) is 86.2 cm³/mol. The second kappa shape index (κ2) is 6.38. The molecule has 1 aromatic carbocycles. The summed E-state index contributed by atoms with van der Waals surface area (Å²) in [6.45, 7) is 4.74. The van der Waals surface area contributed by atoms with E-state index in [2.05, 4.69) is 21.1 Å². The van der Waals surface area contributed by atoms with Gasteiger partial charge in [-0.2, -0.15) is 0 Å². The van der Waals surface area contributed by atoms with E-state index >= 15 is 0 Å². The average Bonchev–Trinajstić information content (AvgIpc) is 2.96. The lowest BCUT2D eigenvalue weighted by molar-refractivity contribution is 0.00432. The number of ether oxygens (including phenoxy) is 1. The van der Waals surface area contributed by atoms with Crippen LogP contribution in [0.3, 0.4) is 0 Å². The summed E-state index contributed by atoms with van der Waals surface area (Å²) in [5.41, 5.74) is 3.92. The Morgan fingerprint density at radius 3 is 3.00 bits per heavy atom. The second-order valence-electron chi connectivity index (χ2n) is 5.62. The molecule has 1 aromatic heterocycles. The molecular weight excluding hydrogens is 316 g/mol. The van der Waals surface area contributed by atoms with Crippen molar-refractivity contribution in [3.8, 4) is 11.3 Å². The summed E-state index contributed by atoms with van der Waals surface area (Å²) in [5.74, 6) is 0.0613. The third-order valence-electron chi connectivity index (χ3n) is 3.87. The molecule has 124 valence electrons. The van der Waals surface area contributed by atoms with Gasteiger partial charge >= 0.3 is 0 Å². The van der Waals surface area contributed by atoms with Crippen molar-refractivity contribution in [3.05, 3.63) is 35.5 Å². The number of nitrogens with one attached hydrogen (secondary N) is 1. The van der Waals surface area contributed by atoms with E-state index in [4.69, 9.17) is 4.74 Å². The quantitative estimate of drug-likeness (QED) is 0.883. The molecule has 2 aromatic rings. The van der Waals surface area contributed by atoms with Crippen LogP contribution >= 0.6 is 0 Å². The Labute approximate surface area is 135 Å². The van der Waals surface area contributed by atoms with Crippen LogP contribution in [0.4, 0.5) is 0 Å². The van der Waals surface area contributed by atoms with Gasteiger partial charge in [0.1, 0.15) is 5.69 Å². The number of nitrogens with zero attached hydrogens (tertiary/aromatic N) is 3. The molecule has 0 fully saturated rings. The molecule has 1 atom stereocenters. The van der Waals surface area contributed by atoms with E-state index < -0.39 is 10.0 Å². The Kier molecular flexibility index (Phi) is 4.47. The molecule has 0 saturated carbocycles. The first-order valence-corrected chi connectivity index (χ1v) is 9.22. The molecule has 3 rings (SSSR count). The molecule has 0 bridgehead atoms. The summed E-state index contributed by atoms with van der Waals surface area (Å²) in [6, 6.07) is 8.08. The Bertz CT molecular complexity index is 801. The Morgan fingerprint density at radius 2 is 2.26 bits per heavy atom. The van der Waals surface area contributed by atoms with Gasteiger partial charge in [-0.25, -0.2) is 17.8 Å². The number of rotatable bonds is 5. The molecule has 1 unspecified atom stereocenters. The molecule has 1 aliphatic heterocycles. The standard InChI is InChI=1S/C15H20N4O3S/c1-3-23(20,21)16-8-13-9-19-14(10-22-13)15(17-18-19)12-6-4-5-11(2)7-12/h4-7,13,16H,3,8-10H2,1-2H3. The average molecular weight is 336 g/mol. The second-order valence-corrected chi connectivity index (χ2v) is 7.72. The third-order valence-corrected chi connectivity index (χ3v) is 5.24. The van der Waals surface area contributed by atoms with Crippen molar-refractivity contribution in [1.82, 2.24) is 19.7 Å². The fourth-order valence-corrected chi connectivity index (χ4v) is 3.17. The maximum atomic E-state index is 11.5. The number of fused-ring (bicyclic) bond motifs is 1. The molecule has 0 saturated heterocycles. The van der Waals surface area contributed by atoms with E-state index in [0.717, 1.165) is 22.5 Å². The highest BCUT2D eigenvalue weighted by molar-refractivity contribution is 7.89. The monoisotopic (exact) mass is 336 g/mol. The lowest BCUT2D eigenvalue weighted by atomic mass is 10.1. The number of hydrogen-bond donors (Lipinski definition) is 1. The number of aromatic nitrogens is 3. The van der Waals surface area contributed by atoms with Crippen molar-refractivity contribution in [2.75, 3.05) is 12.3 Å². The minimum Gasteiger partial charge on any atom is -0.369 e. The maximum absolute atomic E-state index is 11.5. The van der Waals surface area contributed by atoms with Crippen LogP contribution in [0.2, 0.25) is 0 Å². The van der Waals surface area contributed by atoms with E-state index in [1.807, 2.05) is 25.1 Å². The van der Waals surface area contributed by atoms with Crippen LogP contribution in [-0.4, -0.2) is 41.8 Å². The molecule has 0 aliphatic carbocycles. The van der Waals surface area contributed by atoms with Crippen LogP contribution in [0.25, 0.3) is 11.3 Å². The van der Waals surface area contributed by atoms with Crippen molar-refractivity contribution in [2.24, 2.45) is 0 Å². The Balaban J connectivity index is 1.74. The maximum Gasteiger partial charge on any atom is 0.211 e. The van der Waals surface area contributed by atoms with Gasteiger partial charge in [0.15, 0.2) is 0 Å². The summed E-state index contributed by atoms with van der Waals surface area (Å²) in [5, 5.41) is 8.45. The topological polar surface area (TPSA) is 86.1 Å². The highest BCUT2D eigenvalue weighted by Gasteiger charge is 2.25.